The van der Waals surface area contributed by atoms with E-state index in [1.165, 1.54) is 0 Å². The van der Waals surface area contributed by atoms with Gasteiger partial charge in [-0.3, -0.25) is 0 Å². The first-order chi connectivity index (χ1) is 8.67. The van der Waals surface area contributed by atoms with Crippen molar-refractivity contribution in [2.24, 2.45) is 0 Å². The van der Waals surface area contributed by atoms with E-state index in [9.17, 15) is 4.79 Å². The van der Waals surface area contributed by atoms with Gasteiger partial charge in [-0.2, -0.15) is 0 Å². The second-order valence-corrected chi connectivity index (χ2v) is 4.21. The van der Waals surface area contributed by atoms with Crippen LogP contribution in [-0.2, 0) is 6.54 Å². The van der Waals surface area contributed by atoms with E-state index in [1.54, 1.807) is 6.07 Å². The van der Waals surface area contributed by atoms with Crippen LogP contribution in [0.4, 0.5) is 4.79 Å². The SMILES string of the molecule is CCCNC(=O)NCc1ccc(OCC)c(Cl)c1. The molecule has 0 radical (unpaired) electrons. The summed E-state index contributed by atoms with van der Waals surface area (Å²) in [6.45, 7) is 5.62. The summed E-state index contributed by atoms with van der Waals surface area (Å²) in [6.07, 6.45) is 0.919. The molecule has 0 saturated heterocycles. The van der Waals surface area contributed by atoms with E-state index in [4.69, 9.17) is 16.3 Å². The van der Waals surface area contributed by atoms with E-state index in [0.717, 1.165) is 12.0 Å². The molecule has 0 atom stereocenters. The lowest BCUT2D eigenvalue weighted by atomic mass is 10.2. The number of rotatable bonds is 6. The highest BCUT2D eigenvalue weighted by molar-refractivity contribution is 6.32. The van der Waals surface area contributed by atoms with Gasteiger partial charge in [0.25, 0.3) is 0 Å². The second-order valence-electron chi connectivity index (χ2n) is 3.81. The van der Waals surface area contributed by atoms with Crippen LogP contribution in [0.5, 0.6) is 5.75 Å². The maximum Gasteiger partial charge on any atom is 0.315 e. The van der Waals surface area contributed by atoms with Crippen molar-refractivity contribution in [1.82, 2.24) is 10.6 Å². The van der Waals surface area contributed by atoms with Gasteiger partial charge in [-0.05, 0) is 31.0 Å². The highest BCUT2D eigenvalue weighted by atomic mass is 35.5. The Morgan fingerprint density at radius 2 is 2.11 bits per heavy atom. The Kier molecular flexibility index (Phi) is 6.36. The normalized spacial score (nSPS) is 9.94. The van der Waals surface area contributed by atoms with E-state index in [-0.39, 0.29) is 6.03 Å². The highest BCUT2D eigenvalue weighted by Crippen LogP contribution is 2.25. The van der Waals surface area contributed by atoms with Gasteiger partial charge >= 0.3 is 6.03 Å². The number of benzene rings is 1. The summed E-state index contributed by atoms with van der Waals surface area (Å²) >= 11 is 6.05. The van der Waals surface area contributed by atoms with Crippen LogP contribution < -0.4 is 15.4 Å². The zero-order valence-electron chi connectivity index (χ0n) is 10.8. The van der Waals surface area contributed by atoms with Crippen LogP contribution in [0.3, 0.4) is 0 Å². The number of carbonyl (C=O) groups is 1. The molecule has 4 nitrogen and oxygen atoms in total. The molecule has 0 aromatic heterocycles. The van der Waals surface area contributed by atoms with Gasteiger partial charge in [0.1, 0.15) is 5.75 Å². The zero-order chi connectivity index (χ0) is 13.4. The monoisotopic (exact) mass is 270 g/mol. The minimum atomic E-state index is -0.165. The first kappa shape index (κ1) is 14.6. The molecule has 5 heteroatoms. The molecule has 1 rings (SSSR count). The molecule has 1 aromatic carbocycles. The van der Waals surface area contributed by atoms with Crippen LogP contribution >= 0.6 is 11.6 Å². The number of amides is 2. The number of carbonyl (C=O) groups excluding carboxylic acids is 1. The van der Waals surface area contributed by atoms with Crippen molar-refractivity contribution in [3.63, 3.8) is 0 Å². The largest absolute Gasteiger partial charge is 0.492 e. The third-order valence-corrected chi connectivity index (χ3v) is 2.58. The van der Waals surface area contributed by atoms with Gasteiger partial charge in [-0.25, -0.2) is 4.79 Å². The molecule has 2 N–H and O–H groups in total. The van der Waals surface area contributed by atoms with E-state index >= 15 is 0 Å². The second kappa shape index (κ2) is 7.82. The summed E-state index contributed by atoms with van der Waals surface area (Å²) < 4.78 is 5.34. The molecule has 1 aromatic rings. The van der Waals surface area contributed by atoms with Crippen LogP contribution in [-0.4, -0.2) is 19.2 Å². The molecule has 0 heterocycles. The van der Waals surface area contributed by atoms with Crippen molar-refractivity contribution in [1.29, 1.82) is 0 Å². The van der Waals surface area contributed by atoms with Crippen molar-refractivity contribution in [2.45, 2.75) is 26.8 Å². The van der Waals surface area contributed by atoms with Crippen LogP contribution in [0.2, 0.25) is 5.02 Å². The number of halogens is 1. The first-order valence-corrected chi connectivity index (χ1v) is 6.48. The third-order valence-electron chi connectivity index (χ3n) is 2.28. The van der Waals surface area contributed by atoms with Crippen molar-refractivity contribution in [3.05, 3.63) is 28.8 Å². The van der Waals surface area contributed by atoms with Gasteiger partial charge in [-0.1, -0.05) is 24.6 Å². The minimum Gasteiger partial charge on any atom is -0.492 e. The fraction of sp³-hybridized carbons (Fsp3) is 0.462. The van der Waals surface area contributed by atoms with Crippen molar-refractivity contribution in [2.75, 3.05) is 13.2 Å². The molecule has 0 unspecified atom stereocenters. The average molecular weight is 271 g/mol. The smallest absolute Gasteiger partial charge is 0.315 e. The molecule has 0 saturated carbocycles. The molecule has 0 aliphatic rings. The summed E-state index contributed by atoms with van der Waals surface area (Å²) in [7, 11) is 0. The molecule has 2 amide bonds. The van der Waals surface area contributed by atoms with Crippen molar-refractivity contribution >= 4 is 17.6 Å². The Morgan fingerprint density at radius 3 is 2.72 bits per heavy atom. The Morgan fingerprint density at radius 1 is 1.33 bits per heavy atom. The predicted molar refractivity (Wildman–Crippen MR) is 73.2 cm³/mol. The number of ether oxygens (including phenoxy) is 1. The maximum absolute atomic E-state index is 11.3. The van der Waals surface area contributed by atoms with Crippen molar-refractivity contribution < 1.29 is 9.53 Å². The lowest BCUT2D eigenvalue weighted by Crippen LogP contribution is -2.35. The standard InChI is InChI=1S/C13H19ClN2O2/c1-3-7-15-13(17)16-9-10-5-6-12(18-4-2)11(14)8-10/h5-6,8H,3-4,7,9H2,1-2H3,(H2,15,16,17). The third kappa shape index (κ3) is 4.84. The fourth-order valence-electron chi connectivity index (χ4n) is 1.41. The van der Waals surface area contributed by atoms with Crippen LogP contribution in [0, 0.1) is 0 Å². The zero-order valence-corrected chi connectivity index (χ0v) is 11.5. The maximum atomic E-state index is 11.3. The van der Waals surface area contributed by atoms with E-state index in [0.29, 0.717) is 30.5 Å². The van der Waals surface area contributed by atoms with Crippen molar-refractivity contribution in [3.8, 4) is 5.75 Å². The molecule has 0 fully saturated rings. The number of hydrogen-bond acceptors (Lipinski definition) is 2. The quantitative estimate of drug-likeness (QED) is 0.835. The minimum absolute atomic E-state index is 0.165. The first-order valence-electron chi connectivity index (χ1n) is 6.10. The van der Waals surface area contributed by atoms with Gasteiger partial charge in [0.05, 0.1) is 11.6 Å². The van der Waals surface area contributed by atoms with Gasteiger partial charge in [0, 0.05) is 13.1 Å². The Hall–Kier alpha value is -1.42. The van der Waals surface area contributed by atoms with Gasteiger partial charge in [-0.15, -0.1) is 0 Å². The van der Waals surface area contributed by atoms with Crippen LogP contribution in [0.1, 0.15) is 25.8 Å². The van der Waals surface area contributed by atoms with Gasteiger partial charge < -0.3 is 15.4 Å². The topological polar surface area (TPSA) is 50.4 Å². The van der Waals surface area contributed by atoms with Crippen LogP contribution in [0.15, 0.2) is 18.2 Å². The van der Waals surface area contributed by atoms with E-state index in [2.05, 4.69) is 10.6 Å². The molecular formula is C13H19ClN2O2. The van der Waals surface area contributed by atoms with Gasteiger partial charge in [0.2, 0.25) is 0 Å². The lowest BCUT2D eigenvalue weighted by molar-refractivity contribution is 0.240. The fourth-order valence-corrected chi connectivity index (χ4v) is 1.67. The summed E-state index contributed by atoms with van der Waals surface area (Å²) in [5.41, 5.74) is 0.940. The number of hydrogen-bond donors (Lipinski definition) is 2. The number of urea groups is 1. The predicted octanol–water partition coefficient (Wildman–Crippen LogP) is 2.95. The Bertz CT molecular complexity index is 397. The summed E-state index contributed by atoms with van der Waals surface area (Å²) in [6, 6.07) is 5.33. The highest BCUT2D eigenvalue weighted by Gasteiger charge is 2.04. The summed E-state index contributed by atoms with van der Waals surface area (Å²) in [5.74, 6) is 0.665. The Labute approximate surface area is 113 Å². The van der Waals surface area contributed by atoms with Gasteiger partial charge in [0.15, 0.2) is 0 Å². The Balaban J connectivity index is 2.48. The molecule has 18 heavy (non-hydrogen) atoms. The van der Waals surface area contributed by atoms with Crippen LogP contribution in [0.25, 0.3) is 0 Å². The molecular weight excluding hydrogens is 252 g/mol. The molecule has 0 bridgehead atoms. The molecule has 0 aliphatic carbocycles. The average Bonchev–Trinajstić information content (AvgIpc) is 2.37. The number of nitrogens with one attached hydrogen (secondary N) is 2. The lowest BCUT2D eigenvalue weighted by Gasteiger charge is -2.09. The molecule has 0 aliphatic heterocycles. The van der Waals surface area contributed by atoms with E-state index < -0.39 is 0 Å². The summed E-state index contributed by atoms with van der Waals surface area (Å²) in [4.78, 5) is 11.3. The molecule has 100 valence electrons. The molecule has 0 spiro atoms. The van der Waals surface area contributed by atoms with E-state index in [1.807, 2.05) is 26.0 Å². The summed E-state index contributed by atoms with van der Waals surface area (Å²) in [5, 5.41) is 6.06.